The first-order valence-corrected chi connectivity index (χ1v) is 8.95. The predicted molar refractivity (Wildman–Crippen MR) is 92.2 cm³/mol. The van der Waals surface area contributed by atoms with Crippen LogP contribution in [-0.4, -0.2) is 42.1 Å². The van der Waals surface area contributed by atoms with E-state index in [-0.39, 0.29) is 11.8 Å². The number of amides is 1. The lowest BCUT2D eigenvalue weighted by molar-refractivity contribution is 0.0732. The minimum absolute atomic E-state index is 0.00626. The van der Waals surface area contributed by atoms with Crippen LogP contribution in [0.5, 0.6) is 0 Å². The number of ether oxygens (including phenoxy) is 1. The van der Waals surface area contributed by atoms with Crippen LogP contribution in [0.25, 0.3) is 11.0 Å². The topological polar surface area (TPSA) is 55.6 Å². The Balaban J connectivity index is 1.48. The second kappa shape index (κ2) is 6.75. The van der Waals surface area contributed by atoms with Crippen molar-refractivity contribution >= 4 is 28.2 Å². The molecule has 1 aliphatic rings. The number of nitrogens with zero attached hydrogens (tertiary/aromatic N) is 2. The quantitative estimate of drug-likeness (QED) is 0.733. The van der Waals surface area contributed by atoms with E-state index in [9.17, 15) is 4.79 Å². The Morgan fingerprint density at radius 1 is 1.38 bits per heavy atom. The molecule has 1 fully saturated rings. The fraction of sp³-hybridized carbons (Fsp3) is 0.333. The molecule has 0 N–H and O–H groups in total. The summed E-state index contributed by atoms with van der Waals surface area (Å²) in [5.74, 6) is 0.260. The standard InChI is InChI=1S/C18H18N2O3S/c21-18(16-11-24-12-19-16)20-4-6-22-10-14(9-20)7-13-1-2-15-3-5-23-17(15)8-13/h1-3,5,8,11-12,14H,4,6-7,9-10H2. The average molecular weight is 342 g/mol. The summed E-state index contributed by atoms with van der Waals surface area (Å²) in [4.78, 5) is 18.5. The molecule has 0 aliphatic carbocycles. The van der Waals surface area contributed by atoms with Gasteiger partial charge in [0, 0.05) is 29.8 Å². The lowest BCUT2D eigenvalue weighted by atomic mass is 9.99. The van der Waals surface area contributed by atoms with Crippen LogP contribution in [0.1, 0.15) is 16.1 Å². The van der Waals surface area contributed by atoms with Crippen LogP contribution in [0.3, 0.4) is 0 Å². The lowest BCUT2D eigenvalue weighted by Gasteiger charge is -2.23. The summed E-state index contributed by atoms with van der Waals surface area (Å²) in [5, 5.41) is 2.91. The number of hydrogen-bond donors (Lipinski definition) is 0. The lowest BCUT2D eigenvalue weighted by Crippen LogP contribution is -2.36. The Morgan fingerprint density at radius 2 is 2.33 bits per heavy atom. The van der Waals surface area contributed by atoms with E-state index < -0.39 is 0 Å². The van der Waals surface area contributed by atoms with E-state index in [4.69, 9.17) is 9.15 Å². The van der Waals surface area contributed by atoms with E-state index in [0.29, 0.717) is 32.0 Å². The van der Waals surface area contributed by atoms with Gasteiger partial charge in [-0.05, 0) is 24.1 Å². The van der Waals surface area contributed by atoms with Gasteiger partial charge in [-0.2, -0.15) is 0 Å². The maximum absolute atomic E-state index is 12.6. The molecule has 3 heterocycles. The molecule has 124 valence electrons. The van der Waals surface area contributed by atoms with Crippen LogP contribution < -0.4 is 0 Å². The third-order valence-corrected chi connectivity index (χ3v) is 4.91. The monoisotopic (exact) mass is 342 g/mol. The molecule has 0 radical (unpaired) electrons. The Morgan fingerprint density at radius 3 is 3.21 bits per heavy atom. The van der Waals surface area contributed by atoms with E-state index in [1.807, 2.05) is 11.0 Å². The van der Waals surface area contributed by atoms with Crippen molar-refractivity contribution in [3.05, 3.63) is 52.7 Å². The normalized spacial score (nSPS) is 18.7. The number of rotatable bonds is 3. The zero-order valence-electron chi connectivity index (χ0n) is 13.2. The zero-order chi connectivity index (χ0) is 16.4. The highest BCUT2D eigenvalue weighted by Crippen LogP contribution is 2.21. The molecule has 1 aliphatic heterocycles. The molecule has 0 saturated carbocycles. The third kappa shape index (κ3) is 3.20. The highest BCUT2D eigenvalue weighted by molar-refractivity contribution is 7.07. The van der Waals surface area contributed by atoms with Gasteiger partial charge in [-0.15, -0.1) is 11.3 Å². The van der Waals surface area contributed by atoms with Crippen molar-refractivity contribution in [3.63, 3.8) is 0 Å². The fourth-order valence-corrected chi connectivity index (χ4v) is 3.65. The second-order valence-electron chi connectivity index (χ2n) is 6.06. The van der Waals surface area contributed by atoms with Gasteiger partial charge in [0.1, 0.15) is 11.3 Å². The van der Waals surface area contributed by atoms with Crippen LogP contribution in [0, 0.1) is 5.92 Å². The van der Waals surface area contributed by atoms with Gasteiger partial charge in [-0.3, -0.25) is 4.79 Å². The van der Waals surface area contributed by atoms with Crippen molar-refractivity contribution < 1.29 is 13.9 Å². The van der Waals surface area contributed by atoms with Gasteiger partial charge in [-0.1, -0.05) is 12.1 Å². The first-order chi connectivity index (χ1) is 11.8. The van der Waals surface area contributed by atoms with Crippen molar-refractivity contribution in [1.29, 1.82) is 0 Å². The molecule has 3 aromatic rings. The van der Waals surface area contributed by atoms with Gasteiger partial charge >= 0.3 is 0 Å². The number of carbonyl (C=O) groups excluding carboxylic acids is 1. The SMILES string of the molecule is O=C(c1cscn1)N1CCOCC(Cc2ccc3ccoc3c2)C1. The number of carbonyl (C=O) groups is 1. The molecule has 24 heavy (non-hydrogen) atoms. The smallest absolute Gasteiger partial charge is 0.273 e. The summed E-state index contributed by atoms with van der Waals surface area (Å²) in [6, 6.07) is 8.23. The predicted octanol–water partition coefficient (Wildman–Crippen LogP) is 3.22. The summed E-state index contributed by atoms with van der Waals surface area (Å²) in [6.45, 7) is 2.54. The Bertz CT molecular complexity index is 828. The first-order valence-electron chi connectivity index (χ1n) is 8.01. The van der Waals surface area contributed by atoms with Crippen LogP contribution in [0.15, 0.2) is 45.8 Å². The number of fused-ring (bicyclic) bond motifs is 1. The summed E-state index contributed by atoms with van der Waals surface area (Å²) >= 11 is 1.44. The van der Waals surface area contributed by atoms with Gasteiger partial charge in [0.2, 0.25) is 0 Å². The van der Waals surface area contributed by atoms with Gasteiger partial charge in [-0.25, -0.2) is 4.98 Å². The van der Waals surface area contributed by atoms with E-state index in [1.54, 1.807) is 17.2 Å². The summed E-state index contributed by atoms with van der Waals surface area (Å²) in [7, 11) is 0. The van der Waals surface area contributed by atoms with Crippen LogP contribution in [0.2, 0.25) is 0 Å². The van der Waals surface area contributed by atoms with Crippen LogP contribution in [0.4, 0.5) is 0 Å². The number of furan rings is 1. The van der Waals surface area contributed by atoms with Gasteiger partial charge in [0.15, 0.2) is 0 Å². The van der Waals surface area contributed by atoms with Crippen molar-refractivity contribution in [2.75, 3.05) is 26.3 Å². The Hall–Kier alpha value is -2.18. The number of aromatic nitrogens is 1. The van der Waals surface area contributed by atoms with Crippen molar-refractivity contribution in [1.82, 2.24) is 9.88 Å². The zero-order valence-corrected chi connectivity index (χ0v) is 14.0. The van der Waals surface area contributed by atoms with Crippen molar-refractivity contribution in [2.45, 2.75) is 6.42 Å². The highest BCUT2D eigenvalue weighted by Gasteiger charge is 2.24. The molecule has 1 amide bonds. The molecule has 1 atom stereocenters. The molecule has 6 heteroatoms. The van der Waals surface area contributed by atoms with Crippen molar-refractivity contribution in [3.8, 4) is 0 Å². The van der Waals surface area contributed by atoms with Crippen LogP contribution in [-0.2, 0) is 11.2 Å². The maximum Gasteiger partial charge on any atom is 0.273 e. The third-order valence-electron chi connectivity index (χ3n) is 4.32. The van der Waals surface area contributed by atoms with E-state index in [0.717, 1.165) is 17.4 Å². The molecule has 1 saturated heterocycles. The van der Waals surface area contributed by atoms with Gasteiger partial charge in [0.05, 0.1) is 25.0 Å². The first kappa shape index (κ1) is 15.4. The highest BCUT2D eigenvalue weighted by atomic mass is 32.1. The maximum atomic E-state index is 12.6. The number of benzene rings is 1. The average Bonchev–Trinajstić information content (AvgIpc) is 3.23. The molecular weight excluding hydrogens is 324 g/mol. The number of thiazole rings is 1. The molecule has 5 nitrogen and oxygen atoms in total. The second-order valence-corrected chi connectivity index (χ2v) is 6.78. The molecule has 2 aromatic heterocycles. The minimum Gasteiger partial charge on any atom is -0.464 e. The Kier molecular flexibility index (Phi) is 4.32. The molecule has 1 aromatic carbocycles. The van der Waals surface area contributed by atoms with E-state index in [1.165, 1.54) is 16.9 Å². The van der Waals surface area contributed by atoms with E-state index in [2.05, 4.69) is 23.2 Å². The largest absolute Gasteiger partial charge is 0.464 e. The summed E-state index contributed by atoms with van der Waals surface area (Å²) in [6.07, 6.45) is 2.56. The summed E-state index contributed by atoms with van der Waals surface area (Å²) < 4.78 is 11.2. The Labute approximate surface area is 143 Å². The molecule has 0 bridgehead atoms. The molecule has 4 rings (SSSR count). The molecule has 0 spiro atoms. The fourth-order valence-electron chi connectivity index (χ4n) is 3.13. The molecule has 1 unspecified atom stereocenters. The molecular formula is C18H18N2O3S. The van der Waals surface area contributed by atoms with Gasteiger partial charge in [0.25, 0.3) is 5.91 Å². The van der Waals surface area contributed by atoms with E-state index >= 15 is 0 Å². The van der Waals surface area contributed by atoms with Crippen molar-refractivity contribution in [2.24, 2.45) is 5.92 Å². The number of hydrogen-bond acceptors (Lipinski definition) is 5. The van der Waals surface area contributed by atoms with Crippen LogP contribution >= 0.6 is 11.3 Å². The van der Waals surface area contributed by atoms with Gasteiger partial charge < -0.3 is 14.1 Å². The summed E-state index contributed by atoms with van der Waals surface area (Å²) in [5.41, 5.74) is 4.32. The minimum atomic E-state index is -0.00626.